The first-order valence-electron chi connectivity index (χ1n) is 2.53. The van der Waals surface area contributed by atoms with Gasteiger partial charge in [-0.05, 0) is 6.42 Å². The molecule has 2 unspecified atom stereocenters. The van der Waals surface area contributed by atoms with Crippen LogP contribution in [-0.2, 0) is 4.74 Å². The molecule has 0 heterocycles. The summed E-state index contributed by atoms with van der Waals surface area (Å²) in [5, 5.41) is -0.0679. The summed E-state index contributed by atoms with van der Waals surface area (Å²) in [4.78, 5) is 0. The smallest absolute Gasteiger partial charge is 0.147 e. The van der Waals surface area contributed by atoms with E-state index in [0.717, 1.165) is 6.42 Å². The molecule has 0 aliphatic carbocycles. The van der Waals surface area contributed by atoms with E-state index >= 15 is 0 Å². The maximum Gasteiger partial charge on any atom is 0.147 e. The summed E-state index contributed by atoms with van der Waals surface area (Å²) in [5.74, 6) is 0. The highest BCUT2D eigenvalue weighted by molar-refractivity contribution is 6.29. The predicted molar refractivity (Wildman–Crippen MR) is 36.6 cm³/mol. The third-order valence-electron chi connectivity index (χ3n) is 0.900. The Morgan fingerprint density at radius 1 is 1.50 bits per heavy atom. The molecule has 0 aliphatic rings. The topological polar surface area (TPSA) is 9.23 Å². The van der Waals surface area contributed by atoms with Gasteiger partial charge in [-0.2, -0.15) is 0 Å². The average molecular weight is 157 g/mol. The van der Waals surface area contributed by atoms with E-state index in [4.69, 9.17) is 27.9 Å². The highest BCUT2D eigenvalue weighted by Crippen LogP contribution is 2.12. The first-order chi connectivity index (χ1) is 3.72. The Kier molecular flexibility index (Phi) is 4.72. The van der Waals surface area contributed by atoms with Crippen molar-refractivity contribution >= 4 is 23.2 Å². The van der Waals surface area contributed by atoms with E-state index in [1.807, 2.05) is 6.92 Å². The van der Waals surface area contributed by atoms with Gasteiger partial charge in [0.05, 0.1) is 5.38 Å². The van der Waals surface area contributed by atoms with Gasteiger partial charge in [0.15, 0.2) is 0 Å². The maximum atomic E-state index is 5.66. The molecule has 0 aromatic rings. The molecule has 0 N–H and O–H groups in total. The predicted octanol–water partition coefficient (Wildman–Crippen LogP) is 2.22. The second kappa shape index (κ2) is 4.42. The summed E-state index contributed by atoms with van der Waals surface area (Å²) in [7, 11) is 1.54. The Morgan fingerprint density at radius 3 is 2.12 bits per heavy atom. The third-order valence-corrected chi connectivity index (χ3v) is 2.05. The third kappa shape index (κ3) is 2.75. The normalized spacial score (nSPS) is 18.0. The van der Waals surface area contributed by atoms with Crippen LogP contribution in [0.2, 0.25) is 0 Å². The number of halogens is 2. The minimum absolute atomic E-state index is 0.0679. The molecule has 1 nitrogen and oxygen atoms in total. The van der Waals surface area contributed by atoms with Gasteiger partial charge in [0.1, 0.15) is 5.56 Å². The van der Waals surface area contributed by atoms with Crippen LogP contribution in [0.25, 0.3) is 0 Å². The van der Waals surface area contributed by atoms with E-state index in [-0.39, 0.29) is 10.9 Å². The lowest BCUT2D eigenvalue weighted by atomic mass is 10.3. The van der Waals surface area contributed by atoms with Gasteiger partial charge in [0.25, 0.3) is 0 Å². The average Bonchev–Trinajstić information content (AvgIpc) is 1.84. The van der Waals surface area contributed by atoms with Crippen LogP contribution in [0, 0.1) is 0 Å². The van der Waals surface area contributed by atoms with E-state index in [2.05, 4.69) is 0 Å². The number of hydrogen-bond donors (Lipinski definition) is 0. The molecular weight excluding hydrogens is 147 g/mol. The number of methoxy groups -OCH3 is 1. The number of rotatable bonds is 3. The molecule has 0 saturated carbocycles. The molecule has 0 rings (SSSR count). The molecular formula is C5H10Cl2O. The fraction of sp³-hybridized carbons (Fsp3) is 1.00. The van der Waals surface area contributed by atoms with E-state index < -0.39 is 0 Å². The van der Waals surface area contributed by atoms with E-state index in [1.165, 1.54) is 0 Å². The molecule has 0 aromatic heterocycles. The largest absolute Gasteiger partial charge is 0.364 e. The van der Waals surface area contributed by atoms with Gasteiger partial charge in [-0.1, -0.05) is 18.5 Å². The lowest BCUT2D eigenvalue weighted by Gasteiger charge is -2.10. The van der Waals surface area contributed by atoms with Gasteiger partial charge >= 0.3 is 0 Å². The van der Waals surface area contributed by atoms with Crippen molar-refractivity contribution in [3.05, 3.63) is 0 Å². The van der Waals surface area contributed by atoms with Crippen LogP contribution < -0.4 is 0 Å². The van der Waals surface area contributed by atoms with Crippen LogP contribution in [0.15, 0.2) is 0 Å². The summed E-state index contributed by atoms with van der Waals surface area (Å²) >= 11 is 11.2. The molecule has 0 spiro atoms. The standard InChI is InChI=1S/C5H10Cl2O/c1-3-4(6)5(7)8-2/h4-5H,3H2,1-2H3. The Labute approximate surface area is 59.9 Å². The van der Waals surface area contributed by atoms with Crippen LogP contribution in [0.1, 0.15) is 13.3 Å². The monoisotopic (exact) mass is 156 g/mol. The highest BCUT2D eigenvalue weighted by Gasteiger charge is 2.11. The van der Waals surface area contributed by atoms with Crippen molar-refractivity contribution in [1.82, 2.24) is 0 Å². The maximum absolute atomic E-state index is 5.66. The van der Waals surface area contributed by atoms with Crippen LogP contribution in [-0.4, -0.2) is 18.1 Å². The van der Waals surface area contributed by atoms with Gasteiger partial charge in [-0.15, -0.1) is 11.6 Å². The van der Waals surface area contributed by atoms with Crippen molar-refractivity contribution in [3.8, 4) is 0 Å². The Balaban J connectivity index is 3.29. The zero-order valence-electron chi connectivity index (χ0n) is 5.03. The first kappa shape index (κ1) is 8.54. The second-order valence-corrected chi connectivity index (χ2v) is 2.50. The minimum Gasteiger partial charge on any atom is -0.364 e. The first-order valence-corrected chi connectivity index (χ1v) is 3.40. The number of hydrogen-bond acceptors (Lipinski definition) is 1. The molecule has 50 valence electrons. The quantitative estimate of drug-likeness (QED) is 0.570. The van der Waals surface area contributed by atoms with Gasteiger partial charge < -0.3 is 4.74 Å². The molecule has 3 heteroatoms. The second-order valence-electron chi connectivity index (χ2n) is 1.51. The number of ether oxygens (including phenoxy) is 1. The molecule has 0 radical (unpaired) electrons. The Morgan fingerprint density at radius 2 is 2.00 bits per heavy atom. The van der Waals surface area contributed by atoms with E-state index in [9.17, 15) is 0 Å². The van der Waals surface area contributed by atoms with Crippen molar-refractivity contribution < 1.29 is 4.74 Å². The molecule has 0 aliphatic heterocycles. The minimum atomic E-state index is -0.346. The van der Waals surface area contributed by atoms with Crippen LogP contribution in [0.5, 0.6) is 0 Å². The summed E-state index contributed by atoms with van der Waals surface area (Å²) in [6.07, 6.45) is 0.837. The van der Waals surface area contributed by atoms with Crippen LogP contribution >= 0.6 is 23.2 Å². The number of alkyl halides is 2. The van der Waals surface area contributed by atoms with Crippen LogP contribution in [0.4, 0.5) is 0 Å². The SMILES string of the molecule is CCC(Cl)C(Cl)OC. The zero-order valence-corrected chi connectivity index (χ0v) is 6.54. The summed E-state index contributed by atoms with van der Waals surface area (Å²) in [5.41, 5.74) is -0.346. The van der Waals surface area contributed by atoms with Crippen molar-refractivity contribution in [2.75, 3.05) is 7.11 Å². The molecule has 0 amide bonds. The molecule has 0 fully saturated rings. The lowest BCUT2D eigenvalue weighted by molar-refractivity contribution is 0.162. The fourth-order valence-corrected chi connectivity index (χ4v) is 0.614. The van der Waals surface area contributed by atoms with Crippen molar-refractivity contribution in [2.24, 2.45) is 0 Å². The molecule has 8 heavy (non-hydrogen) atoms. The Bertz CT molecular complexity index is 50.4. The van der Waals surface area contributed by atoms with Crippen molar-refractivity contribution in [1.29, 1.82) is 0 Å². The fourth-order valence-electron chi connectivity index (χ4n) is 0.333. The molecule has 2 atom stereocenters. The van der Waals surface area contributed by atoms with Gasteiger partial charge in [0, 0.05) is 7.11 Å². The van der Waals surface area contributed by atoms with Gasteiger partial charge in [-0.25, -0.2) is 0 Å². The summed E-state index contributed by atoms with van der Waals surface area (Å²) < 4.78 is 4.74. The van der Waals surface area contributed by atoms with Gasteiger partial charge in [0.2, 0.25) is 0 Å². The molecule has 0 bridgehead atoms. The van der Waals surface area contributed by atoms with Gasteiger partial charge in [-0.3, -0.25) is 0 Å². The van der Waals surface area contributed by atoms with Crippen LogP contribution in [0.3, 0.4) is 0 Å². The Hall–Kier alpha value is 0.540. The molecule has 0 saturated heterocycles. The zero-order chi connectivity index (χ0) is 6.57. The highest BCUT2D eigenvalue weighted by atomic mass is 35.5. The van der Waals surface area contributed by atoms with Crippen molar-refractivity contribution in [2.45, 2.75) is 24.3 Å². The van der Waals surface area contributed by atoms with Crippen molar-refractivity contribution in [3.63, 3.8) is 0 Å². The van der Waals surface area contributed by atoms with E-state index in [0.29, 0.717) is 0 Å². The lowest BCUT2D eigenvalue weighted by Crippen LogP contribution is -2.15. The van der Waals surface area contributed by atoms with E-state index in [1.54, 1.807) is 7.11 Å². The summed E-state index contributed by atoms with van der Waals surface area (Å²) in [6.45, 7) is 1.96. The molecule has 0 aromatic carbocycles. The summed E-state index contributed by atoms with van der Waals surface area (Å²) in [6, 6.07) is 0.